The van der Waals surface area contributed by atoms with E-state index in [9.17, 15) is 19.2 Å². The number of likely N-dealkylation sites (N-methyl/N-ethyl adjacent to an activating group) is 4. The summed E-state index contributed by atoms with van der Waals surface area (Å²) in [6.45, 7) is 14.3. The van der Waals surface area contributed by atoms with Crippen LogP contribution >= 0.6 is 0 Å². The Balaban J connectivity index is 3.12. The first-order valence-corrected chi connectivity index (χ1v) is 15.4. The van der Waals surface area contributed by atoms with E-state index in [0.717, 1.165) is 5.56 Å². The van der Waals surface area contributed by atoms with E-state index in [1.807, 2.05) is 58.0 Å². The van der Waals surface area contributed by atoms with Crippen molar-refractivity contribution in [1.29, 1.82) is 0 Å². The van der Waals surface area contributed by atoms with Crippen LogP contribution in [0.25, 0.3) is 0 Å². The zero-order valence-corrected chi connectivity index (χ0v) is 27.9. The molecule has 4 amide bonds. The first-order valence-electron chi connectivity index (χ1n) is 15.4. The van der Waals surface area contributed by atoms with Gasteiger partial charge in [-0.15, -0.1) is 0 Å². The molecule has 0 saturated heterocycles. The number of carbonyl (C=O) groups excluding carboxylic acids is 4. The summed E-state index contributed by atoms with van der Waals surface area (Å²) in [7, 11) is 6.69. The molecule has 0 unspecified atom stereocenters. The summed E-state index contributed by atoms with van der Waals surface area (Å²) in [5.41, 5.74) is 1.12. The molecule has 1 aromatic carbocycles. The first kappa shape index (κ1) is 37.1. The van der Waals surface area contributed by atoms with Crippen molar-refractivity contribution in [2.75, 3.05) is 34.7 Å². The van der Waals surface area contributed by atoms with Crippen LogP contribution in [0.5, 0.6) is 0 Å². The van der Waals surface area contributed by atoms with Crippen LogP contribution in [0.15, 0.2) is 30.3 Å². The smallest absolute Gasteiger partial charge is 0.245 e. The van der Waals surface area contributed by atoms with Gasteiger partial charge in [-0.25, -0.2) is 0 Å². The number of nitrogens with one attached hydrogen (secondary N) is 2. The quantitative estimate of drug-likeness (QED) is 0.290. The van der Waals surface area contributed by atoms with Gasteiger partial charge in [0.15, 0.2) is 0 Å². The molecule has 0 bridgehead atoms. The Hall–Kier alpha value is -2.94. The number of hydrogen-bond acceptors (Lipinski definition) is 5. The van der Waals surface area contributed by atoms with Gasteiger partial charge in [0.2, 0.25) is 23.6 Å². The summed E-state index contributed by atoms with van der Waals surface area (Å²) in [5, 5.41) is 6.04. The molecule has 0 fully saturated rings. The topological polar surface area (TPSA) is 102 Å². The SMILES string of the molecule is CN[C@@H](CC(C)C)C(=O)N(C)[C@@H](CC(C)C)C(=O)N(C)[C@@H](CC(C)C)C(=O)N(C)[C@@H](C)C(=O)NCCc1ccccc1. The number of carbonyl (C=O) groups is 4. The van der Waals surface area contributed by atoms with Crippen LogP contribution in [-0.4, -0.2) is 97.2 Å². The summed E-state index contributed by atoms with van der Waals surface area (Å²) >= 11 is 0. The third kappa shape index (κ3) is 11.4. The second-order valence-electron chi connectivity index (χ2n) is 12.8. The number of amides is 4. The second-order valence-corrected chi connectivity index (χ2v) is 12.8. The Bertz CT molecular complexity index is 997. The van der Waals surface area contributed by atoms with Crippen LogP contribution in [-0.2, 0) is 25.6 Å². The standard InChI is InChI=1S/C33H57N5O4/c1-22(2)19-27(34-8)31(40)37(10)29(21-24(5)6)33(42)38(11)28(20-23(3)4)32(41)36(9)25(7)30(39)35-18-17-26-15-13-12-14-16-26/h12-16,22-25,27-29,34H,17-21H2,1-11H3,(H,35,39)/t25-,27-,28-,29-/m0/s1. The molecule has 4 atom stereocenters. The minimum Gasteiger partial charge on any atom is -0.354 e. The minimum atomic E-state index is -0.768. The second kappa shape index (κ2) is 17.9. The Morgan fingerprint density at radius 2 is 1.12 bits per heavy atom. The van der Waals surface area contributed by atoms with Crippen molar-refractivity contribution in [1.82, 2.24) is 25.3 Å². The summed E-state index contributed by atoms with van der Waals surface area (Å²) in [6.07, 6.45) is 2.26. The van der Waals surface area contributed by atoms with Crippen molar-refractivity contribution < 1.29 is 19.2 Å². The van der Waals surface area contributed by atoms with Crippen LogP contribution in [0.1, 0.15) is 73.3 Å². The molecule has 42 heavy (non-hydrogen) atoms. The molecule has 0 heterocycles. The Labute approximate surface area is 254 Å². The van der Waals surface area contributed by atoms with Gasteiger partial charge in [0.1, 0.15) is 18.1 Å². The number of nitrogens with zero attached hydrogens (tertiary/aromatic N) is 3. The molecule has 1 rings (SSSR count). The molecule has 9 heteroatoms. The van der Waals surface area contributed by atoms with Crippen LogP contribution in [0, 0.1) is 17.8 Å². The molecule has 9 nitrogen and oxygen atoms in total. The van der Waals surface area contributed by atoms with E-state index in [-0.39, 0.29) is 35.5 Å². The van der Waals surface area contributed by atoms with E-state index in [0.29, 0.717) is 38.1 Å². The van der Waals surface area contributed by atoms with Gasteiger partial charge in [-0.2, -0.15) is 0 Å². The van der Waals surface area contributed by atoms with Crippen molar-refractivity contribution >= 4 is 23.6 Å². The maximum Gasteiger partial charge on any atom is 0.245 e. The highest BCUT2D eigenvalue weighted by molar-refractivity contribution is 5.94. The van der Waals surface area contributed by atoms with Gasteiger partial charge in [0, 0.05) is 27.7 Å². The van der Waals surface area contributed by atoms with Crippen molar-refractivity contribution in [3.63, 3.8) is 0 Å². The van der Waals surface area contributed by atoms with Gasteiger partial charge in [0.05, 0.1) is 6.04 Å². The highest BCUT2D eigenvalue weighted by Gasteiger charge is 2.38. The molecule has 0 aliphatic rings. The lowest BCUT2D eigenvalue weighted by atomic mass is 9.96. The van der Waals surface area contributed by atoms with Crippen molar-refractivity contribution in [2.24, 2.45) is 17.8 Å². The third-order valence-electron chi connectivity index (χ3n) is 7.81. The molecule has 0 radical (unpaired) electrons. The van der Waals surface area contributed by atoms with Crippen LogP contribution in [0.2, 0.25) is 0 Å². The number of benzene rings is 1. The van der Waals surface area contributed by atoms with E-state index < -0.39 is 24.2 Å². The molecule has 2 N–H and O–H groups in total. The highest BCUT2D eigenvalue weighted by Crippen LogP contribution is 2.21. The van der Waals surface area contributed by atoms with Crippen LogP contribution in [0.3, 0.4) is 0 Å². The average molecular weight is 588 g/mol. The van der Waals surface area contributed by atoms with Crippen molar-refractivity contribution in [3.05, 3.63) is 35.9 Å². The van der Waals surface area contributed by atoms with E-state index in [1.54, 1.807) is 40.0 Å². The van der Waals surface area contributed by atoms with Gasteiger partial charge in [-0.3, -0.25) is 19.2 Å². The van der Waals surface area contributed by atoms with Crippen molar-refractivity contribution in [3.8, 4) is 0 Å². The normalized spacial score (nSPS) is 14.3. The molecule has 0 spiro atoms. The fourth-order valence-corrected chi connectivity index (χ4v) is 5.07. The van der Waals surface area contributed by atoms with E-state index in [2.05, 4.69) is 24.5 Å². The maximum atomic E-state index is 14.0. The van der Waals surface area contributed by atoms with E-state index in [1.165, 1.54) is 9.80 Å². The molecule has 0 aliphatic heterocycles. The summed E-state index contributed by atoms with van der Waals surface area (Å²) in [4.78, 5) is 58.8. The molecule has 0 aromatic heterocycles. The molecular formula is C33H57N5O4. The minimum absolute atomic E-state index is 0.125. The molecular weight excluding hydrogens is 530 g/mol. The molecule has 238 valence electrons. The zero-order valence-electron chi connectivity index (χ0n) is 27.9. The molecule has 0 saturated carbocycles. The lowest BCUT2D eigenvalue weighted by Gasteiger charge is -2.38. The van der Waals surface area contributed by atoms with Crippen molar-refractivity contribution in [2.45, 2.75) is 98.3 Å². The first-order chi connectivity index (χ1) is 19.6. The van der Waals surface area contributed by atoms with Gasteiger partial charge < -0.3 is 25.3 Å². The fraction of sp³-hybridized carbons (Fsp3) is 0.697. The summed E-state index contributed by atoms with van der Waals surface area (Å²) < 4.78 is 0. The lowest BCUT2D eigenvalue weighted by Crippen LogP contribution is -2.58. The predicted molar refractivity (Wildman–Crippen MR) is 170 cm³/mol. The highest BCUT2D eigenvalue weighted by atomic mass is 16.2. The molecule has 1 aromatic rings. The predicted octanol–water partition coefficient (Wildman–Crippen LogP) is 3.57. The van der Waals surface area contributed by atoms with Gasteiger partial charge in [0.25, 0.3) is 0 Å². The number of rotatable bonds is 17. The maximum absolute atomic E-state index is 14.0. The average Bonchev–Trinajstić information content (AvgIpc) is 2.94. The lowest BCUT2D eigenvalue weighted by molar-refractivity contribution is -0.152. The summed E-state index contributed by atoms with van der Waals surface area (Å²) in [5.74, 6) is -0.360. The summed E-state index contributed by atoms with van der Waals surface area (Å²) in [6, 6.07) is 7.30. The zero-order chi connectivity index (χ0) is 32.1. The monoisotopic (exact) mass is 587 g/mol. The van der Waals surface area contributed by atoms with Crippen LogP contribution in [0.4, 0.5) is 0 Å². The van der Waals surface area contributed by atoms with E-state index >= 15 is 0 Å². The molecule has 0 aliphatic carbocycles. The fourth-order valence-electron chi connectivity index (χ4n) is 5.07. The van der Waals surface area contributed by atoms with Crippen LogP contribution < -0.4 is 10.6 Å². The third-order valence-corrected chi connectivity index (χ3v) is 7.81. The van der Waals surface area contributed by atoms with Gasteiger partial charge >= 0.3 is 0 Å². The Morgan fingerprint density at radius 1 is 0.667 bits per heavy atom. The Morgan fingerprint density at radius 3 is 1.57 bits per heavy atom. The Kier molecular flexibility index (Phi) is 15.8. The van der Waals surface area contributed by atoms with E-state index in [4.69, 9.17) is 0 Å². The number of hydrogen-bond donors (Lipinski definition) is 2. The van der Waals surface area contributed by atoms with Gasteiger partial charge in [-0.05, 0) is 63.0 Å². The van der Waals surface area contributed by atoms with Gasteiger partial charge in [-0.1, -0.05) is 71.9 Å². The largest absolute Gasteiger partial charge is 0.354 e.